The largest absolute Gasteiger partial charge is 0.464 e. The van der Waals surface area contributed by atoms with E-state index in [1.54, 1.807) is 40.7 Å². The van der Waals surface area contributed by atoms with Crippen molar-refractivity contribution < 1.29 is 45.8 Å². The number of hydrogen-bond acceptors (Lipinski definition) is 5. The van der Waals surface area contributed by atoms with E-state index in [1.807, 2.05) is 0 Å². The normalized spacial score (nSPS) is 19.3. The quantitative estimate of drug-likeness (QED) is 0.196. The number of rotatable bonds is 8. The summed E-state index contributed by atoms with van der Waals surface area (Å²) in [5, 5.41) is 12.3. The van der Waals surface area contributed by atoms with E-state index in [0.717, 1.165) is 0 Å². The van der Waals surface area contributed by atoms with Gasteiger partial charge in [0, 0.05) is 7.05 Å². The van der Waals surface area contributed by atoms with Gasteiger partial charge in [-0.3, -0.25) is 9.69 Å². The first kappa shape index (κ1) is 29.7. The number of piperazine rings is 1. The number of carbonyl (C=O) groups excluding carboxylic acids is 1. The predicted octanol–water partition coefficient (Wildman–Crippen LogP) is 3.66. The second kappa shape index (κ2) is 11.9. The molecule has 39 heavy (non-hydrogen) atoms. The molecule has 2 atom stereocenters. The third-order valence-electron chi connectivity index (χ3n) is 5.99. The maximum Gasteiger partial charge on any atom is 0.425 e. The van der Waals surface area contributed by atoms with Crippen LogP contribution in [0.2, 0.25) is 0 Å². The molecule has 2 amide bonds. The molecule has 9 nitrogen and oxygen atoms in total. The molecular formula is C24H25F6N5O4. The highest BCUT2D eigenvalue weighted by Gasteiger charge is 2.41. The number of benzene rings is 2. The molecule has 0 aromatic heterocycles. The highest BCUT2D eigenvalue weighted by molar-refractivity contribution is 5.85. The van der Waals surface area contributed by atoms with Gasteiger partial charge in [-0.05, 0) is 29.3 Å². The van der Waals surface area contributed by atoms with Crippen LogP contribution in [0.1, 0.15) is 28.3 Å². The summed E-state index contributed by atoms with van der Waals surface area (Å²) in [6, 6.07) is 8.65. The van der Waals surface area contributed by atoms with Crippen molar-refractivity contribution in [2.75, 3.05) is 26.7 Å². The van der Waals surface area contributed by atoms with Crippen LogP contribution in [0.4, 0.5) is 31.1 Å². The fourth-order valence-corrected chi connectivity index (χ4v) is 4.23. The molecule has 0 spiro atoms. The van der Waals surface area contributed by atoms with Crippen molar-refractivity contribution in [3.63, 3.8) is 0 Å². The average Bonchev–Trinajstić information content (AvgIpc) is 2.85. The van der Waals surface area contributed by atoms with E-state index in [4.69, 9.17) is 15.6 Å². The molecule has 2 aromatic rings. The van der Waals surface area contributed by atoms with Crippen molar-refractivity contribution in [1.29, 1.82) is 0 Å². The average molecular weight is 561 g/mol. The number of halogens is 6. The molecule has 0 bridgehead atoms. The van der Waals surface area contributed by atoms with E-state index in [0.29, 0.717) is 17.7 Å². The Labute approximate surface area is 218 Å². The summed E-state index contributed by atoms with van der Waals surface area (Å²) in [7, 11) is 1.50. The monoisotopic (exact) mass is 561 g/mol. The fraction of sp³-hybridized carbons (Fsp3) is 0.375. The van der Waals surface area contributed by atoms with E-state index in [2.05, 4.69) is 5.10 Å². The highest BCUT2D eigenvalue weighted by atomic mass is 19.4. The zero-order valence-corrected chi connectivity index (χ0v) is 20.5. The first-order valence-electron chi connectivity index (χ1n) is 11.4. The Morgan fingerprint density at radius 1 is 1.10 bits per heavy atom. The lowest BCUT2D eigenvalue weighted by atomic mass is 9.94. The lowest BCUT2D eigenvalue weighted by Gasteiger charge is -2.46. The van der Waals surface area contributed by atoms with Gasteiger partial charge in [0.1, 0.15) is 5.84 Å². The number of nitrogens with two attached hydrogens (primary N) is 1. The summed E-state index contributed by atoms with van der Waals surface area (Å²) in [6.45, 7) is -1.09. The van der Waals surface area contributed by atoms with Gasteiger partial charge in [0.25, 0.3) is 0 Å². The van der Waals surface area contributed by atoms with Crippen molar-refractivity contribution in [2.45, 2.75) is 31.0 Å². The Hall–Kier alpha value is -3.85. The summed E-state index contributed by atoms with van der Waals surface area (Å²) < 4.78 is 84.9. The lowest BCUT2D eigenvalue weighted by Crippen LogP contribution is -2.59. The third-order valence-corrected chi connectivity index (χ3v) is 5.99. The third kappa shape index (κ3) is 7.83. The van der Waals surface area contributed by atoms with Crippen molar-refractivity contribution in [3.8, 4) is 0 Å². The van der Waals surface area contributed by atoms with Crippen LogP contribution in [0.25, 0.3) is 0 Å². The Morgan fingerprint density at radius 2 is 1.69 bits per heavy atom. The van der Waals surface area contributed by atoms with Gasteiger partial charge in [0.2, 0.25) is 5.91 Å². The van der Waals surface area contributed by atoms with E-state index in [-0.39, 0.29) is 43.1 Å². The number of carboxylic acid groups (broad SMARTS) is 1. The topological polar surface area (TPSA) is 120 Å². The lowest BCUT2D eigenvalue weighted by molar-refractivity contribution is -0.145. The molecule has 0 unspecified atom stereocenters. The number of likely N-dealkylation sites (N-methyl/N-ethyl adjacent to an activating group) is 1. The van der Waals surface area contributed by atoms with Crippen LogP contribution in [-0.2, 0) is 28.5 Å². The van der Waals surface area contributed by atoms with Crippen molar-refractivity contribution in [3.05, 3.63) is 70.8 Å². The maximum atomic E-state index is 13.2. The van der Waals surface area contributed by atoms with Crippen molar-refractivity contribution in [1.82, 2.24) is 15.2 Å². The summed E-state index contributed by atoms with van der Waals surface area (Å²) in [5.41, 5.74) is 5.06. The van der Waals surface area contributed by atoms with E-state index in [1.165, 1.54) is 11.9 Å². The minimum atomic E-state index is -5.00. The van der Waals surface area contributed by atoms with Gasteiger partial charge >= 0.3 is 18.4 Å². The van der Waals surface area contributed by atoms with E-state index < -0.39 is 48.3 Å². The molecule has 4 N–H and O–H groups in total. The zero-order valence-electron chi connectivity index (χ0n) is 20.5. The molecule has 212 valence electrons. The number of ether oxygens (including phenoxy) is 1. The van der Waals surface area contributed by atoms with Crippen LogP contribution in [0.15, 0.2) is 53.6 Å². The first-order chi connectivity index (χ1) is 18.2. The van der Waals surface area contributed by atoms with Gasteiger partial charge < -0.3 is 20.5 Å². The maximum absolute atomic E-state index is 13.2. The summed E-state index contributed by atoms with van der Waals surface area (Å²) in [6.07, 6.45) is -11.4. The minimum Gasteiger partial charge on any atom is -0.464 e. The zero-order chi connectivity index (χ0) is 29.0. The van der Waals surface area contributed by atoms with Crippen LogP contribution in [-0.4, -0.2) is 65.5 Å². The number of hydrogen-bond donors (Lipinski definition) is 3. The highest BCUT2D eigenvalue weighted by Crippen LogP contribution is 2.37. The molecule has 1 heterocycles. The first-order valence-corrected chi connectivity index (χ1v) is 11.4. The summed E-state index contributed by atoms with van der Waals surface area (Å²) in [5.74, 6) is -0.507. The van der Waals surface area contributed by atoms with Gasteiger partial charge in [-0.1, -0.05) is 30.3 Å². The van der Waals surface area contributed by atoms with Crippen LogP contribution < -0.4 is 11.2 Å². The Balaban J connectivity index is 1.87. The number of alkyl halides is 6. The van der Waals surface area contributed by atoms with Gasteiger partial charge in [0.05, 0.1) is 49.5 Å². The Morgan fingerprint density at radius 3 is 2.23 bits per heavy atom. The minimum absolute atomic E-state index is 0.0333. The number of nitrogens with one attached hydrogen (secondary N) is 1. The molecule has 1 saturated heterocycles. The molecule has 2 aromatic carbocycles. The van der Waals surface area contributed by atoms with Gasteiger partial charge in [-0.25, -0.2) is 10.2 Å². The van der Waals surface area contributed by atoms with E-state index >= 15 is 0 Å². The van der Waals surface area contributed by atoms with Gasteiger partial charge in [0.15, 0.2) is 0 Å². The van der Waals surface area contributed by atoms with Crippen LogP contribution in [0, 0.1) is 0 Å². The number of amidine groups is 1. The van der Waals surface area contributed by atoms with Crippen LogP contribution in [0.3, 0.4) is 0 Å². The Kier molecular flexibility index (Phi) is 9.07. The molecule has 15 heteroatoms. The molecular weight excluding hydrogens is 536 g/mol. The molecule has 1 aliphatic heterocycles. The van der Waals surface area contributed by atoms with Crippen molar-refractivity contribution >= 4 is 17.8 Å². The van der Waals surface area contributed by atoms with E-state index in [9.17, 15) is 35.9 Å². The molecule has 1 aliphatic rings. The predicted molar refractivity (Wildman–Crippen MR) is 126 cm³/mol. The molecule has 0 saturated carbocycles. The number of hydrazone groups is 1. The number of amides is 2. The fourth-order valence-electron chi connectivity index (χ4n) is 4.23. The second-order valence-electron chi connectivity index (χ2n) is 8.78. The second-order valence-corrected chi connectivity index (χ2v) is 8.78. The van der Waals surface area contributed by atoms with Crippen LogP contribution >= 0.6 is 0 Å². The number of carbonyl (C=O) groups is 2. The Bertz CT molecular complexity index is 1170. The molecule has 3 rings (SSSR count). The van der Waals surface area contributed by atoms with Gasteiger partial charge in [-0.2, -0.15) is 31.4 Å². The smallest absolute Gasteiger partial charge is 0.425 e. The summed E-state index contributed by atoms with van der Waals surface area (Å²) >= 11 is 0. The standard InChI is InChI=1S/C24H25F6N5O4/c1-34-18(13-39-12-14-7-16(23(25,26)27)9-17(8-14)24(28,29)30)21(15-5-3-2-4-6-15)35(11-20(34)36)10-19(31)32-33-22(37)38/h2-9,18,21,33H,10-13H2,1H3,(H2,31,32)(H,37,38)/t18-,21+/m1/s1. The number of nitrogens with zero attached hydrogens (tertiary/aromatic N) is 3. The van der Waals surface area contributed by atoms with Gasteiger partial charge in [-0.15, -0.1) is 0 Å². The van der Waals surface area contributed by atoms with Crippen LogP contribution in [0.5, 0.6) is 0 Å². The SMILES string of the molecule is CN1C(=O)CN(CC(N)=NNC(=O)O)[C@@H](c2ccccc2)[C@H]1COCc1cc(C(F)(F)F)cc(C(F)(F)F)c1. The van der Waals surface area contributed by atoms with Crippen molar-refractivity contribution in [2.24, 2.45) is 10.8 Å². The molecule has 0 aliphatic carbocycles. The molecule has 1 fully saturated rings. The molecule has 0 radical (unpaired) electrons. The summed E-state index contributed by atoms with van der Waals surface area (Å²) in [4.78, 5) is 26.5.